The number of nitrogens with zero attached hydrogens (tertiary/aromatic N) is 1. The Balaban J connectivity index is 1.38. The lowest BCUT2D eigenvalue weighted by atomic mass is 9.49. The second-order valence-corrected chi connectivity index (χ2v) is 7.76. The van der Waals surface area contributed by atoms with E-state index in [0.717, 1.165) is 29.9 Å². The maximum Gasteiger partial charge on any atom is 0.124 e. The van der Waals surface area contributed by atoms with Crippen LogP contribution in [-0.2, 0) is 0 Å². The monoisotopic (exact) mass is 283 g/mol. The van der Waals surface area contributed by atoms with Crippen molar-refractivity contribution in [1.82, 2.24) is 0 Å². The minimum absolute atomic E-state index is 0.330. The van der Waals surface area contributed by atoms with Gasteiger partial charge < -0.3 is 5.11 Å². The molecule has 4 fully saturated rings. The zero-order chi connectivity index (χ0) is 14.3. The van der Waals surface area contributed by atoms with Crippen LogP contribution in [0.5, 0.6) is 5.75 Å². The van der Waals surface area contributed by atoms with E-state index in [1.54, 1.807) is 6.07 Å². The SMILES string of the molecule is Oc1ccccc1C=NCCC12CC3CC(CC(C3)C1)C2. The quantitative estimate of drug-likeness (QED) is 0.815. The summed E-state index contributed by atoms with van der Waals surface area (Å²) in [6, 6.07) is 7.44. The summed E-state index contributed by atoms with van der Waals surface area (Å²) in [7, 11) is 0. The Bertz CT molecular complexity index is 513. The van der Waals surface area contributed by atoms with E-state index in [4.69, 9.17) is 0 Å². The highest BCUT2D eigenvalue weighted by atomic mass is 16.3. The first-order chi connectivity index (χ1) is 10.2. The molecule has 2 nitrogen and oxygen atoms in total. The van der Waals surface area contributed by atoms with Crippen molar-refractivity contribution in [3.05, 3.63) is 29.8 Å². The molecule has 21 heavy (non-hydrogen) atoms. The van der Waals surface area contributed by atoms with Crippen LogP contribution in [0.15, 0.2) is 29.3 Å². The van der Waals surface area contributed by atoms with Gasteiger partial charge in [0.05, 0.1) is 0 Å². The molecule has 0 aliphatic heterocycles. The van der Waals surface area contributed by atoms with Crippen molar-refractivity contribution in [2.24, 2.45) is 28.2 Å². The van der Waals surface area contributed by atoms with Crippen LogP contribution in [0.4, 0.5) is 0 Å². The van der Waals surface area contributed by atoms with E-state index in [2.05, 4.69) is 4.99 Å². The smallest absolute Gasteiger partial charge is 0.124 e. The largest absolute Gasteiger partial charge is 0.507 e. The molecule has 1 N–H and O–H groups in total. The van der Waals surface area contributed by atoms with E-state index in [1.165, 1.54) is 44.9 Å². The summed E-state index contributed by atoms with van der Waals surface area (Å²) in [6.45, 7) is 0.917. The molecule has 0 radical (unpaired) electrons. The molecule has 0 amide bonds. The molecular formula is C19H25NO. The van der Waals surface area contributed by atoms with Gasteiger partial charge in [0.25, 0.3) is 0 Å². The highest BCUT2D eigenvalue weighted by Crippen LogP contribution is 2.61. The fourth-order valence-electron chi connectivity index (χ4n) is 5.66. The first-order valence-electron chi connectivity index (χ1n) is 8.50. The summed E-state index contributed by atoms with van der Waals surface area (Å²) in [5, 5.41) is 9.75. The van der Waals surface area contributed by atoms with Gasteiger partial charge in [-0.05, 0) is 80.2 Å². The number of benzene rings is 1. The summed E-state index contributed by atoms with van der Waals surface area (Å²) < 4.78 is 0. The first kappa shape index (κ1) is 13.4. The molecule has 4 aliphatic carbocycles. The molecule has 0 unspecified atom stereocenters. The van der Waals surface area contributed by atoms with Gasteiger partial charge in [0.1, 0.15) is 5.75 Å². The molecule has 5 rings (SSSR count). The molecule has 0 aromatic heterocycles. The van der Waals surface area contributed by atoms with Gasteiger partial charge in [0, 0.05) is 18.3 Å². The fraction of sp³-hybridized carbons (Fsp3) is 0.632. The number of hydrogen-bond donors (Lipinski definition) is 1. The molecule has 1 aromatic carbocycles. The average molecular weight is 283 g/mol. The van der Waals surface area contributed by atoms with Crippen LogP contribution in [0.2, 0.25) is 0 Å². The summed E-state index contributed by atoms with van der Waals surface area (Å²) >= 11 is 0. The Morgan fingerprint density at radius 2 is 1.67 bits per heavy atom. The van der Waals surface area contributed by atoms with Crippen LogP contribution in [0.25, 0.3) is 0 Å². The lowest BCUT2D eigenvalue weighted by Crippen LogP contribution is -2.46. The van der Waals surface area contributed by atoms with Gasteiger partial charge in [0.2, 0.25) is 0 Å². The number of rotatable bonds is 4. The Kier molecular flexibility index (Phi) is 3.28. The average Bonchev–Trinajstić information content (AvgIpc) is 2.44. The zero-order valence-electron chi connectivity index (χ0n) is 12.7. The number of aromatic hydroxyl groups is 1. The maximum atomic E-state index is 9.75. The Morgan fingerprint density at radius 3 is 2.29 bits per heavy atom. The lowest BCUT2D eigenvalue weighted by molar-refractivity contribution is -0.0556. The van der Waals surface area contributed by atoms with Gasteiger partial charge in [-0.1, -0.05) is 12.1 Å². The van der Waals surface area contributed by atoms with E-state index in [-0.39, 0.29) is 0 Å². The molecular weight excluding hydrogens is 258 g/mol. The van der Waals surface area contributed by atoms with Crippen molar-refractivity contribution in [3.63, 3.8) is 0 Å². The molecule has 0 saturated heterocycles. The number of hydrogen-bond acceptors (Lipinski definition) is 2. The van der Waals surface area contributed by atoms with Gasteiger partial charge in [-0.15, -0.1) is 0 Å². The van der Waals surface area contributed by atoms with Gasteiger partial charge in [-0.25, -0.2) is 0 Å². The van der Waals surface area contributed by atoms with Gasteiger partial charge in [-0.2, -0.15) is 0 Å². The minimum Gasteiger partial charge on any atom is -0.507 e. The topological polar surface area (TPSA) is 32.6 Å². The number of phenolic OH excluding ortho intramolecular Hbond substituents is 1. The normalized spacial score (nSPS) is 37.4. The van der Waals surface area contributed by atoms with Crippen LogP contribution in [-0.4, -0.2) is 17.9 Å². The molecule has 4 bridgehead atoms. The third kappa shape index (κ3) is 2.61. The maximum absolute atomic E-state index is 9.75. The summed E-state index contributed by atoms with van der Waals surface area (Å²) in [5.74, 6) is 3.41. The molecule has 1 aromatic rings. The van der Waals surface area contributed by atoms with E-state index in [0.29, 0.717) is 11.2 Å². The number of aliphatic imine (C=N–C) groups is 1. The lowest BCUT2D eigenvalue weighted by Gasteiger charge is -2.57. The van der Waals surface area contributed by atoms with Crippen molar-refractivity contribution in [2.45, 2.75) is 44.9 Å². The van der Waals surface area contributed by atoms with Crippen LogP contribution in [0, 0.1) is 23.2 Å². The fourth-order valence-corrected chi connectivity index (χ4v) is 5.66. The Morgan fingerprint density at radius 1 is 1.05 bits per heavy atom. The van der Waals surface area contributed by atoms with Crippen molar-refractivity contribution in [2.75, 3.05) is 6.54 Å². The second-order valence-electron chi connectivity index (χ2n) is 7.76. The van der Waals surface area contributed by atoms with Gasteiger partial charge in [0.15, 0.2) is 0 Å². The van der Waals surface area contributed by atoms with Crippen molar-refractivity contribution in [1.29, 1.82) is 0 Å². The molecule has 0 heterocycles. The van der Waals surface area contributed by atoms with Crippen molar-refractivity contribution in [3.8, 4) is 5.75 Å². The number of phenols is 1. The molecule has 4 saturated carbocycles. The highest BCUT2D eigenvalue weighted by Gasteiger charge is 2.50. The Labute approximate surface area is 127 Å². The summed E-state index contributed by atoms with van der Waals surface area (Å²) in [4.78, 5) is 4.59. The molecule has 0 spiro atoms. The molecule has 4 aliphatic rings. The summed E-state index contributed by atoms with van der Waals surface area (Å²) in [5.41, 5.74) is 1.45. The minimum atomic E-state index is 0.330. The van der Waals surface area contributed by atoms with Gasteiger partial charge in [-0.3, -0.25) is 4.99 Å². The standard InChI is InChI=1S/C19H25NO/c21-18-4-2-1-3-17(18)13-20-6-5-19-10-14-7-15(11-19)9-16(8-14)12-19/h1-4,13-16,21H,5-12H2. The van der Waals surface area contributed by atoms with Crippen LogP contribution in [0.3, 0.4) is 0 Å². The van der Waals surface area contributed by atoms with Gasteiger partial charge >= 0.3 is 0 Å². The van der Waals surface area contributed by atoms with E-state index in [9.17, 15) is 5.11 Å². The highest BCUT2D eigenvalue weighted by molar-refractivity contribution is 5.83. The predicted molar refractivity (Wildman–Crippen MR) is 85.8 cm³/mol. The van der Waals surface area contributed by atoms with E-state index < -0.39 is 0 Å². The number of para-hydroxylation sites is 1. The van der Waals surface area contributed by atoms with Crippen LogP contribution >= 0.6 is 0 Å². The van der Waals surface area contributed by atoms with Crippen molar-refractivity contribution >= 4 is 6.21 Å². The van der Waals surface area contributed by atoms with E-state index in [1.807, 2.05) is 24.4 Å². The molecule has 2 heteroatoms. The first-order valence-corrected chi connectivity index (χ1v) is 8.50. The zero-order valence-corrected chi connectivity index (χ0v) is 12.7. The van der Waals surface area contributed by atoms with Crippen LogP contribution < -0.4 is 0 Å². The Hall–Kier alpha value is -1.31. The molecule has 0 atom stereocenters. The molecule has 112 valence electrons. The van der Waals surface area contributed by atoms with Crippen molar-refractivity contribution < 1.29 is 5.11 Å². The second kappa shape index (κ2) is 5.15. The van der Waals surface area contributed by atoms with E-state index >= 15 is 0 Å². The predicted octanol–water partition coefficient (Wildman–Crippen LogP) is 4.42. The third-order valence-corrected chi connectivity index (χ3v) is 6.10. The van der Waals surface area contributed by atoms with Crippen LogP contribution in [0.1, 0.15) is 50.5 Å². The third-order valence-electron chi connectivity index (χ3n) is 6.10. The summed E-state index contributed by atoms with van der Waals surface area (Å²) in [6.07, 6.45) is 12.0.